The molecule has 0 saturated carbocycles. The molecular formula is C16H11BrN2S2. The Labute approximate surface area is 139 Å². The Morgan fingerprint density at radius 2 is 2.10 bits per heavy atom. The van der Waals surface area contributed by atoms with Crippen LogP contribution in [-0.2, 0) is 6.54 Å². The van der Waals surface area contributed by atoms with Gasteiger partial charge in [0, 0.05) is 26.3 Å². The second-order valence-corrected chi connectivity index (χ2v) is 7.29. The minimum absolute atomic E-state index is 0.660. The largest absolute Gasteiger partial charge is 0.379 e. The van der Waals surface area contributed by atoms with Crippen molar-refractivity contribution in [3.05, 3.63) is 62.1 Å². The summed E-state index contributed by atoms with van der Waals surface area (Å²) >= 11 is 6.92. The van der Waals surface area contributed by atoms with Gasteiger partial charge in [-0.05, 0) is 41.1 Å². The fourth-order valence-electron chi connectivity index (χ4n) is 1.99. The molecule has 0 aliphatic rings. The van der Waals surface area contributed by atoms with Gasteiger partial charge in [0.05, 0.1) is 11.3 Å². The Morgan fingerprint density at radius 3 is 2.86 bits per heavy atom. The van der Waals surface area contributed by atoms with Crippen molar-refractivity contribution in [3.63, 3.8) is 0 Å². The van der Waals surface area contributed by atoms with Crippen molar-refractivity contribution >= 4 is 44.3 Å². The second kappa shape index (κ2) is 6.44. The molecule has 0 amide bonds. The second-order valence-electron chi connectivity index (χ2n) is 4.43. The number of rotatable bonds is 4. The maximum atomic E-state index is 9.13. The van der Waals surface area contributed by atoms with Crippen molar-refractivity contribution in [2.75, 3.05) is 5.32 Å². The van der Waals surface area contributed by atoms with Gasteiger partial charge in [0.25, 0.3) is 0 Å². The van der Waals surface area contributed by atoms with Crippen LogP contribution < -0.4 is 5.32 Å². The minimum Gasteiger partial charge on any atom is -0.379 e. The summed E-state index contributed by atoms with van der Waals surface area (Å²) in [5, 5.41) is 16.7. The highest BCUT2D eigenvalue weighted by molar-refractivity contribution is 9.10. The van der Waals surface area contributed by atoms with Crippen molar-refractivity contribution in [3.8, 4) is 16.5 Å². The standard InChI is InChI=1S/C16H11BrN2S2/c17-13-4-3-11(8-18)15(7-13)19-9-14-6-12(10-21-14)16-2-1-5-20-16/h1-7,10,19H,9H2. The molecule has 5 heteroatoms. The number of nitriles is 1. The van der Waals surface area contributed by atoms with Gasteiger partial charge in [0.2, 0.25) is 0 Å². The van der Waals surface area contributed by atoms with E-state index in [1.807, 2.05) is 18.2 Å². The summed E-state index contributed by atoms with van der Waals surface area (Å²) in [7, 11) is 0. The van der Waals surface area contributed by atoms with Crippen LogP contribution in [0.3, 0.4) is 0 Å². The average Bonchev–Trinajstić information content (AvgIpc) is 3.16. The Morgan fingerprint density at radius 1 is 1.19 bits per heavy atom. The molecule has 3 rings (SSSR count). The summed E-state index contributed by atoms with van der Waals surface area (Å²) < 4.78 is 0.967. The van der Waals surface area contributed by atoms with Crippen molar-refractivity contribution in [1.82, 2.24) is 0 Å². The lowest BCUT2D eigenvalue weighted by Crippen LogP contribution is -1.99. The molecule has 2 aromatic heterocycles. The summed E-state index contributed by atoms with van der Waals surface area (Å²) in [5.41, 5.74) is 2.78. The summed E-state index contributed by atoms with van der Waals surface area (Å²) in [4.78, 5) is 2.54. The molecule has 0 aliphatic carbocycles. The van der Waals surface area contributed by atoms with Crippen LogP contribution in [0.1, 0.15) is 10.4 Å². The molecule has 0 atom stereocenters. The zero-order valence-corrected chi connectivity index (χ0v) is 14.2. The third-order valence-corrected chi connectivity index (χ3v) is 5.36. The van der Waals surface area contributed by atoms with Crippen LogP contribution in [-0.4, -0.2) is 0 Å². The SMILES string of the molecule is N#Cc1ccc(Br)cc1NCc1cc(-c2cccs2)cs1. The maximum Gasteiger partial charge on any atom is 0.101 e. The van der Waals surface area contributed by atoms with Gasteiger partial charge in [-0.3, -0.25) is 0 Å². The average molecular weight is 375 g/mol. The number of benzene rings is 1. The molecule has 0 bridgehead atoms. The first kappa shape index (κ1) is 14.3. The number of nitrogens with zero attached hydrogens (tertiary/aromatic N) is 1. The first-order chi connectivity index (χ1) is 10.3. The highest BCUT2D eigenvalue weighted by Crippen LogP contribution is 2.30. The van der Waals surface area contributed by atoms with Gasteiger partial charge in [-0.15, -0.1) is 22.7 Å². The van der Waals surface area contributed by atoms with E-state index < -0.39 is 0 Å². The fraction of sp³-hybridized carbons (Fsp3) is 0.0625. The van der Waals surface area contributed by atoms with Crippen molar-refractivity contribution < 1.29 is 0 Å². The summed E-state index contributed by atoms with van der Waals surface area (Å²) in [6.07, 6.45) is 0. The van der Waals surface area contributed by atoms with E-state index in [9.17, 15) is 0 Å². The molecule has 0 unspecified atom stereocenters. The molecule has 2 nitrogen and oxygen atoms in total. The lowest BCUT2D eigenvalue weighted by molar-refractivity contribution is 1.19. The topological polar surface area (TPSA) is 35.8 Å². The van der Waals surface area contributed by atoms with E-state index in [1.54, 1.807) is 22.7 Å². The molecule has 0 radical (unpaired) electrons. The van der Waals surface area contributed by atoms with Gasteiger partial charge in [0.1, 0.15) is 6.07 Å². The molecule has 0 fully saturated rings. The molecule has 1 aromatic carbocycles. The van der Waals surface area contributed by atoms with Crippen LogP contribution in [0, 0.1) is 11.3 Å². The van der Waals surface area contributed by atoms with Crippen molar-refractivity contribution in [2.24, 2.45) is 0 Å². The quantitative estimate of drug-likeness (QED) is 0.633. The number of hydrogen-bond acceptors (Lipinski definition) is 4. The number of anilines is 1. The molecule has 0 aliphatic heterocycles. The van der Waals surface area contributed by atoms with Gasteiger partial charge in [-0.2, -0.15) is 5.26 Å². The van der Waals surface area contributed by atoms with Crippen LogP contribution in [0.2, 0.25) is 0 Å². The number of halogens is 1. The summed E-state index contributed by atoms with van der Waals surface area (Å²) in [6.45, 7) is 0.723. The van der Waals surface area contributed by atoms with Crippen molar-refractivity contribution in [2.45, 2.75) is 6.54 Å². The number of hydrogen-bond donors (Lipinski definition) is 1. The molecule has 0 saturated heterocycles. The molecule has 2 heterocycles. The predicted molar refractivity (Wildman–Crippen MR) is 93.8 cm³/mol. The van der Waals surface area contributed by atoms with Gasteiger partial charge in [-0.25, -0.2) is 0 Å². The highest BCUT2D eigenvalue weighted by Gasteiger charge is 2.06. The third-order valence-electron chi connectivity index (χ3n) is 3.01. The van der Waals surface area contributed by atoms with Gasteiger partial charge in [-0.1, -0.05) is 22.0 Å². The van der Waals surface area contributed by atoms with Gasteiger partial charge >= 0.3 is 0 Å². The first-order valence-corrected chi connectivity index (χ1v) is 8.86. The first-order valence-electron chi connectivity index (χ1n) is 6.31. The Kier molecular flexibility index (Phi) is 4.39. The zero-order chi connectivity index (χ0) is 14.7. The normalized spacial score (nSPS) is 10.3. The lowest BCUT2D eigenvalue weighted by atomic mass is 10.2. The van der Waals surface area contributed by atoms with Crippen molar-refractivity contribution in [1.29, 1.82) is 5.26 Å². The monoisotopic (exact) mass is 374 g/mol. The van der Waals surface area contributed by atoms with E-state index in [0.29, 0.717) is 5.56 Å². The van der Waals surface area contributed by atoms with Gasteiger partial charge in [0.15, 0.2) is 0 Å². The van der Waals surface area contributed by atoms with Crippen LogP contribution in [0.4, 0.5) is 5.69 Å². The fourth-order valence-corrected chi connectivity index (χ4v) is 3.96. The molecular weight excluding hydrogens is 364 g/mol. The molecule has 0 spiro atoms. The van der Waals surface area contributed by atoms with Crippen LogP contribution in [0.5, 0.6) is 0 Å². The summed E-state index contributed by atoms with van der Waals surface area (Å²) in [5.74, 6) is 0. The third kappa shape index (κ3) is 3.35. The Balaban J connectivity index is 1.74. The Hall–Kier alpha value is -1.61. The smallest absolute Gasteiger partial charge is 0.101 e. The molecule has 21 heavy (non-hydrogen) atoms. The number of nitrogens with one attached hydrogen (secondary N) is 1. The molecule has 1 N–H and O–H groups in total. The van der Waals surface area contributed by atoms with Crippen LogP contribution >= 0.6 is 38.6 Å². The van der Waals surface area contributed by atoms with E-state index in [-0.39, 0.29) is 0 Å². The van der Waals surface area contributed by atoms with Gasteiger partial charge < -0.3 is 5.32 Å². The highest BCUT2D eigenvalue weighted by atomic mass is 79.9. The van der Waals surface area contributed by atoms with E-state index >= 15 is 0 Å². The predicted octanol–water partition coefficient (Wildman–Crippen LogP) is 5.72. The molecule has 104 valence electrons. The van der Waals surface area contributed by atoms with Crippen LogP contribution in [0.15, 0.2) is 51.6 Å². The van der Waals surface area contributed by atoms with E-state index in [1.165, 1.54) is 15.3 Å². The lowest BCUT2D eigenvalue weighted by Gasteiger charge is -2.07. The van der Waals surface area contributed by atoms with E-state index in [0.717, 1.165) is 16.7 Å². The zero-order valence-electron chi connectivity index (χ0n) is 11.0. The van der Waals surface area contributed by atoms with E-state index in [2.05, 4.69) is 56.3 Å². The minimum atomic E-state index is 0.660. The maximum absolute atomic E-state index is 9.13. The Bertz CT molecular complexity index is 785. The number of thiophene rings is 2. The van der Waals surface area contributed by atoms with E-state index in [4.69, 9.17) is 5.26 Å². The molecule has 3 aromatic rings. The van der Waals surface area contributed by atoms with Crippen LogP contribution in [0.25, 0.3) is 10.4 Å². The summed E-state index contributed by atoms with van der Waals surface area (Å²) in [6, 6.07) is 14.2.